The number of nitrogens with zero attached hydrogens (tertiary/aromatic N) is 1. The largest absolute Gasteiger partial charge is 0.269 e. The normalized spacial score (nSPS) is 14.8. The Balaban J connectivity index is 2.30. The van der Waals surface area contributed by atoms with Gasteiger partial charge in [0.15, 0.2) is 0 Å². The summed E-state index contributed by atoms with van der Waals surface area (Å²) in [5, 5.41) is 0. The summed E-state index contributed by atoms with van der Waals surface area (Å²) >= 11 is 0. The molecular weight excluding hydrogens is 190 g/mol. The number of imide groups is 1. The minimum absolute atomic E-state index is 0.339. The zero-order chi connectivity index (χ0) is 10.8. The van der Waals surface area contributed by atoms with Crippen LogP contribution in [0.3, 0.4) is 0 Å². The van der Waals surface area contributed by atoms with Crippen LogP contribution in [0.25, 0.3) is 5.70 Å². The minimum Gasteiger partial charge on any atom is -0.269 e. The van der Waals surface area contributed by atoms with E-state index in [1.54, 1.807) is 12.1 Å². The molecule has 1 aromatic rings. The van der Waals surface area contributed by atoms with Crippen molar-refractivity contribution in [2.45, 2.75) is 0 Å². The van der Waals surface area contributed by atoms with Crippen molar-refractivity contribution in [2.75, 3.05) is 0 Å². The minimum atomic E-state index is -0.339. The molecule has 0 aliphatic carbocycles. The first kappa shape index (κ1) is 9.40. The summed E-state index contributed by atoms with van der Waals surface area (Å²) in [7, 11) is 0. The van der Waals surface area contributed by atoms with Gasteiger partial charge in [-0.15, -0.1) is 0 Å². The SMILES string of the molecule is C=C(c1ccccc1)N1C(=O)C=CC1=O. The zero-order valence-corrected chi connectivity index (χ0v) is 8.01. The van der Waals surface area contributed by atoms with Crippen LogP contribution in [-0.2, 0) is 9.59 Å². The molecule has 1 aliphatic heterocycles. The zero-order valence-electron chi connectivity index (χ0n) is 8.01. The van der Waals surface area contributed by atoms with Crippen molar-refractivity contribution in [1.29, 1.82) is 0 Å². The van der Waals surface area contributed by atoms with Gasteiger partial charge >= 0.3 is 0 Å². The van der Waals surface area contributed by atoms with Gasteiger partial charge in [-0.2, -0.15) is 0 Å². The van der Waals surface area contributed by atoms with Gasteiger partial charge in [-0.1, -0.05) is 36.9 Å². The van der Waals surface area contributed by atoms with Gasteiger partial charge in [0.1, 0.15) is 0 Å². The maximum atomic E-state index is 11.4. The van der Waals surface area contributed by atoms with Gasteiger partial charge in [0.2, 0.25) is 0 Å². The lowest BCUT2D eigenvalue weighted by molar-refractivity contribution is -0.132. The molecule has 3 nitrogen and oxygen atoms in total. The molecule has 0 saturated heterocycles. The average Bonchev–Trinajstić information content (AvgIpc) is 2.59. The van der Waals surface area contributed by atoms with E-state index in [9.17, 15) is 9.59 Å². The first-order chi connectivity index (χ1) is 7.20. The molecule has 0 saturated carbocycles. The summed E-state index contributed by atoms with van der Waals surface area (Å²) in [5.41, 5.74) is 1.18. The van der Waals surface area contributed by atoms with E-state index >= 15 is 0 Å². The summed E-state index contributed by atoms with van der Waals surface area (Å²) in [6, 6.07) is 9.14. The predicted octanol–water partition coefficient (Wildman–Crippen LogP) is 1.58. The quantitative estimate of drug-likeness (QED) is 0.678. The van der Waals surface area contributed by atoms with Crippen LogP contribution >= 0.6 is 0 Å². The van der Waals surface area contributed by atoms with Gasteiger partial charge in [0.05, 0.1) is 5.70 Å². The highest BCUT2D eigenvalue weighted by Gasteiger charge is 2.26. The summed E-state index contributed by atoms with van der Waals surface area (Å²) in [6.45, 7) is 3.75. The third-order valence-corrected chi connectivity index (χ3v) is 2.19. The topological polar surface area (TPSA) is 37.4 Å². The Morgan fingerprint density at radius 2 is 1.53 bits per heavy atom. The van der Waals surface area contributed by atoms with E-state index in [0.717, 1.165) is 10.5 Å². The molecule has 2 amide bonds. The van der Waals surface area contributed by atoms with E-state index in [2.05, 4.69) is 6.58 Å². The number of carbonyl (C=O) groups excluding carboxylic acids is 2. The second kappa shape index (κ2) is 3.53. The Labute approximate surface area is 87.3 Å². The lowest BCUT2D eigenvalue weighted by Gasteiger charge is -2.16. The summed E-state index contributed by atoms with van der Waals surface area (Å²) in [6.07, 6.45) is 2.49. The fourth-order valence-electron chi connectivity index (χ4n) is 1.43. The molecule has 0 aromatic heterocycles. The highest BCUT2D eigenvalue weighted by Crippen LogP contribution is 2.20. The van der Waals surface area contributed by atoms with Crippen molar-refractivity contribution in [1.82, 2.24) is 4.90 Å². The van der Waals surface area contributed by atoms with Crippen LogP contribution in [-0.4, -0.2) is 16.7 Å². The van der Waals surface area contributed by atoms with Crippen LogP contribution in [0.4, 0.5) is 0 Å². The Bertz CT molecular complexity index is 442. The molecule has 1 heterocycles. The Kier molecular flexibility index (Phi) is 2.21. The summed E-state index contributed by atoms with van der Waals surface area (Å²) in [5.74, 6) is -0.678. The number of hydrogen-bond acceptors (Lipinski definition) is 2. The van der Waals surface area contributed by atoms with E-state index in [4.69, 9.17) is 0 Å². The van der Waals surface area contributed by atoms with Gasteiger partial charge in [-0.3, -0.25) is 9.59 Å². The smallest absolute Gasteiger partial charge is 0.258 e. The van der Waals surface area contributed by atoms with E-state index < -0.39 is 0 Å². The Hall–Kier alpha value is -2.16. The van der Waals surface area contributed by atoms with Crippen LogP contribution in [0.5, 0.6) is 0 Å². The van der Waals surface area contributed by atoms with Gasteiger partial charge in [0.25, 0.3) is 11.8 Å². The molecule has 0 N–H and O–H groups in total. The number of hydrogen-bond donors (Lipinski definition) is 0. The maximum Gasteiger partial charge on any atom is 0.258 e. The fourth-order valence-corrected chi connectivity index (χ4v) is 1.43. The van der Waals surface area contributed by atoms with E-state index in [-0.39, 0.29) is 11.8 Å². The van der Waals surface area contributed by atoms with Crippen molar-refractivity contribution in [3.63, 3.8) is 0 Å². The number of amides is 2. The van der Waals surface area contributed by atoms with Crippen LogP contribution in [0.15, 0.2) is 49.1 Å². The predicted molar refractivity (Wildman–Crippen MR) is 56.5 cm³/mol. The third kappa shape index (κ3) is 1.59. The van der Waals surface area contributed by atoms with Crippen LogP contribution in [0, 0.1) is 0 Å². The molecule has 0 unspecified atom stereocenters. The standard InChI is InChI=1S/C12H9NO2/c1-9(10-5-3-2-4-6-10)13-11(14)7-8-12(13)15/h2-8H,1H2. The van der Waals surface area contributed by atoms with E-state index in [1.807, 2.05) is 18.2 Å². The Morgan fingerprint density at radius 3 is 2.07 bits per heavy atom. The highest BCUT2D eigenvalue weighted by molar-refractivity contribution is 6.18. The molecule has 0 fully saturated rings. The second-order valence-electron chi connectivity index (χ2n) is 3.16. The van der Waals surface area contributed by atoms with Gasteiger partial charge < -0.3 is 0 Å². The molecule has 15 heavy (non-hydrogen) atoms. The Morgan fingerprint density at radius 1 is 1.00 bits per heavy atom. The van der Waals surface area contributed by atoms with Crippen molar-refractivity contribution < 1.29 is 9.59 Å². The monoisotopic (exact) mass is 199 g/mol. The molecule has 0 radical (unpaired) electrons. The third-order valence-electron chi connectivity index (χ3n) is 2.19. The van der Waals surface area contributed by atoms with E-state index in [1.165, 1.54) is 12.2 Å². The number of carbonyl (C=O) groups is 2. The van der Waals surface area contributed by atoms with Crippen molar-refractivity contribution in [3.8, 4) is 0 Å². The molecule has 74 valence electrons. The maximum absolute atomic E-state index is 11.4. The molecule has 0 bridgehead atoms. The molecule has 1 aliphatic rings. The lowest BCUT2D eigenvalue weighted by atomic mass is 10.1. The van der Waals surface area contributed by atoms with Crippen LogP contribution in [0.2, 0.25) is 0 Å². The second-order valence-corrected chi connectivity index (χ2v) is 3.16. The number of benzene rings is 1. The van der Waals surface area contributed by atoms with Gasteiger partial charge in [0, 0.05) is 12.2 Å². The first-order valence-corrected chi connectivity index (χ1v) is 4.50. The molecule has 0 atom stereocenters. The fraction of sp³-hybridized carbons (Fsp3) is 0. The lowest BCUT2D eigenvalue weighted by Crippen LogP contribution is -2.27. The number of rotatable bonds is 2. The molecular formula is C12H9NO2. The highest BCUT2D eigenvalue weighted by atomic mass is 16.2. The van der Waals surface area contributed by atoms with Crippen molar-refractivity contribution in [3.05, 3.63) is 54.6 Å². The average molecular weight is 199 g/mol. The van der Waals surface area contributed by atoms with E-state index in [0.29, 0.717) is 5.70 Å². The van der Waals surface area contributed by atoms with Gasteiger partial charge in [-0.05, 0) is 5.56 Å². The molecule has 3 heteroatoms. The molecule has 2 rings (SSSR count). The molecule has 1 aromatic carbocycles. The van der Waals surface area contributed by atoms with Crippen LogP contribution < -0.4 is 0 Å². The summed E-state index contributed by atoms with van der Waals surface area (Å²) in [4.78, 5) is 23.8. The summed E-state index contributed by atoms with van der Waals surface area (Å²) < 4.78 is 0. The van der Waals surface area contributed by atoms with Crippen molar-refractivity contribution in [2.24, 2.45) is 0 Å². The molecule has 0 spiro atoms. The van der Waals surface area contributed by atoms with Crippen LogP contribution in [0.1, 0.15) is 5.56 Å². The first-order valence-electron chi connectivity index (χ1n) is 4.50. The van der Waals surface area contributed by atoms with Crippen molar-refractivity contribution >= 4 is 17.5 Å². The van der Waals surface area contributed by atoms with Gasteiger partial charge in [-0.25, -0.2) is 4.90 Å².